The molecule has 104 valence electrons. The molecule has 2 rings (SSSR count). The number of halogens is 3. The van der Waals surface area contributed by atoms with Gasteiger partial charge in [-0.3, -0.25) is 0 Å². The molecule has 0 bridgehead atoms. The largest absolute Gasteiger partial charge is 0.389 e. The number of benzene rings is 2. The average molecular weight is 296 g/mol. The molecule has 0 aliphatic rings. The molecule has 0 spiro atoms. The fourth-order valence-corrected chi connectivity index (χ4v) is 1.90. The molecule has 0 saturated heterocycles. The van der Waals surface area contributed by atoms with E-state index in [-0.39, 0.29) is 10.7 Å². The molecular formula is C14H11F3N2S. The first-order valence-electron chi connectivity index (χ1n) is 5.70. The second-order valence-corrected chi connectivity index (χ2v) is 4.72. The van der Waals surface area contributed by atoms with Gasteiger partial charge in [-0.1, -0.05) is 23.8 Å². The van der Waals surface area contributed by atoms with Gasteiger partial charge in [0.1, 0.15) is 10.8 Å². The maximum atomic E-state index is 13.6. The van der Waals surface area contributed by atoms with Crippen molar-refractivity contribution in [3.8, 4) is 0 Å². The summed E-state index contributed by atoms with van der Waals surface area (Å²) in [5.41, 5.74) is 7.25. The van der Waals surface area contributed by atoms with E-state index in [0.29, 0.717) is 17.3 Å². The highest BCUT2D eigenvalue weighted by atomic mass is 32.1. The van der Waals surface area contributed by atoms with Gasteiger partial charge in [0.05, 0.1) is 5.69 Å². The van der Waals surface area contributed by atoms with Crippen LogP contribution in [0.4, 0.5) is 24.5 Å². The molecule has 0 aliphatic heterocycles. The van der Waals surface area contributed by atoms with Gasteiger partial charge in [0.2, 0.25) is 0 Å². The van der Waals surface area contributed by atoms with Crippen molar-refractivity contribution < 1.29 is 13.2 Å². The van der Waals surface area contributed by atoms with Crippen LogP contribution in [0, 0.1) is 24.4 Å². The number of anilines is 2. The first-order chi connectivity index (χ1) is 9.38. The lowest BCUT2D eigenvalue weighted by Gasteiger charge is -2.13. The smallest absolute Gasteiger partial charge is 0.161 e. The maximum Gasteiger partial charge on any atom is 0.161 e. The molecule has 0 heterocycles. The molecule has 2 nitrogen and oxygen atoms in total. The first-order valence-corrected chi connectivity index (χ1v) is 6.11. The van der Waals surface area contributed by atoms with Crippen molar-refractivity contribution in [2.45, 2.75) is 6.92 Å². The summed E-state index contributed by atoms with van der Waals surface area (Å²) in [7, 11) is 0. The van der Waals surface area contributed by atoms with E-state index in [1.54, 1.807) is 18.2 Å². The molecule has 2 aromatic carbocycles. The summed E-state index contributed by atoms with van der Waals surface area (Å²) < 4.78 is 39.6. The van der Waals surface area contributed by atoms with Gasteiger partial charge >= 0.3 is 0 Å². The molecule has 0 unspecified atom stereocenters. The normalized spacial score (nSPS) is 10.4. The minimum Gasteiger partial charge on any atom is -0.389 e. The highest BCUT2D eigenvalue weighted by Gasteiger charge is 2.12. The van der Waals surface area contributed by atoms with Crippen molar-refractivity contribution in [2.75, 3.05) is 5.32 Å². The zero-order valence-corrected chi connectivity index (χ0v) is 11.3. The van der Waals surface area contributed by atoms with Gasteiger partial charge in [0, 0.05) is 23.4 Å². The fourth-order valence-electron chi connectivity index (χ4n) is 1.73. The zero-order chi connectivity index (χ0) is 14.9. The number of nitrogens with two attached hydrogens (primary N) is 1. The van der Waals surface area contributed by atoms with Gasteiger partial charge in [-0.2, -0.15) is 0 Å². The van der Waals surface area contributed by atoms with Crippen molar-refractivity contribution in [1.82, 2.24) is 0 Å². The molecule has 0 radical (unpaired) electrons. The Morgan fingerprint density at radius 2 is 1.65 bits per heavy atom. The third-order valence-electron chi connectivity index (χ3n) is 2.72. The van der Waals surface area contributed by atoms with E-state index in [1.165, 1.54) is 0 Å². The molecule has 0 aliphatic carbocycles. The van der Waals surface area contributed by atoms with E-state index in [2.05, 4.69) is 5.32 Å². The predicted octanol–water partition coefficient (Wildman–Crippen LogP) is 3.79. The van der Waals surface area contributed by atoms with Crippen molar-refractivity contribution >= 4 is 28.6 Å². The summed E-state index contributed by atoms with van der Waals surface area (Å²) >= 11 is 4.91. The lowest BCUT2D eigenvalue weighted by molar-refractivity contribution is 0.496. The molecular weight excluding hydrogens is 285 g/mol. The second-order valence-electron chi connectivity index (χ2n) is 4.28. The van der Waals surface area contributed by atoms with E-state index >= 15 is 0 Å². The Labute approximate surface area is 119 Å². The fraction of sp³-hybridized carbons (Fsp3) is 0.0714. The summed E-state index contributed by atoms with van der Waals surface area (Å²) in [6, 6.07) is 6.36. The Hall–Kier alpha value is -2.08. The summed E-state index contributed by atoms with van der Waals surface area (Å²) in [4.78, 5) is 0.124. The molecule has 0 fully saturated rings. The van der Waals surface area contributed by atoms with E-state index in [4.69, 9.17) is 18.0 Å². The average Bonchev–Trinajstić information content (AvgIpc) is 2.37. The second kappa shape index (κ2) is 5.50. The molecule has 0 amide bonds. The standard InChI is InChI=1S/C14H11F3N2S/c1-7-2-3-12(8(4-7)14(18)20)19-13-6-10(16)9(15)5-11(13)17/h2-6,19H,1H3,(H2,18,20). The number of hydrogen-bond donors (Lipinski definition) is 2. The van der Waals surface area contributed by atoms with Crippen LogP contribution in [0.5, 0.6) is 0 Å². The van der Waals surface area contributed by atoms with Crippen LogP contribution in [0.1, 0.15) is 11.1 Å². The number of nitrogens with one attached hydrogen (secondary N) is 1. The summed E-state index contributed by atoms with van der Waals surface area (Å²) in [6.45, 7) is 1.85. The summed E-state index contributed by atoms with van der Waals surface area (Å²) in [5.74, 6) is -3.29. The Morgan fingerprint density at radius 3 is 2.30 bits per heavy atom. The van der Waals surface area contributed by atoms with E-state index in [9.17, 15) is 13.2 Å². The minimum atomic E-state index is -1.24. The van der Waals surface area contributed by atoms with Crippen LogP contribution in [-0.4, -0.2) is 4.99 Å². The Kier molecular flexibility index (Phi) is 3.94. The minimum absolute atomic E-state index is 0.124. The number of rotatable bonds is 3. The highest BCUT2D eigenvalue weighted by molar-refractivity contribution is 7.80. The lowest BCUT2D eigenvalue weighted by Crippen LogP contribution is -2.12. The van der Waals surface area contributed by atoms with Crippen LogP contribution in [-0.2, 0) is 0 Å². The molecule has 2 aromatic rings. The van der Waals surface area contributed by atoms with Crippen molar-refractivity contribution in [1.29, 1.82) is 0 Å². The summed E-state index contributed by atoms with van der Waals surface area (Å²) in [6.07, 6.45) is 0. The van der Waals surface area contributed by atoms with Gasteiger partial charge < -0.3 is 11.1 Å². The number of hydrogen-bond acceptors (Lipinski definition) is 2. The molecule has 0 aromatic heterocycles. The van der Waals surface area contributed by atoms with E-state index in [0.717, 1.165) is 11.6 Å². The van der Waals surface area contributed by atoms with E-state index in [1.807, 2.05) is 6.92 Å². The zero-order valence-electron chi connectivity index (χ0n) is 10.5. The van der Waals surface area contributed by atoms with Crippen LogP contribution in [0.3, 0.4) is 0 Å². The Morgan fingerprint density at radius 1 is 1.00 bits per heavy atom. The Bertz CT molecular complexity index is 686. The van der Waals surface area contributed by atoms with Gasteiger partial charge in [0.15, 0.2) is 11.6 Å². The van der Waals surface area contributed by atoms with Gasteiger partial charge in [-0.25, -0.2) is 13.2 Å². The van der Waals surface area contributed by atoms with Crippen LogP contribution in [0.25, 0.3) is 0 Å². The quantitative estimate of drug-likeness (QED) is 0.668. The topological polar surface area (TPSA) is 38.0 Å². The van der Waals surface area contributed by atoms with Crippen molar-refractivity contribution in [3.63, 3.8) is 0 Å². The lowest BCUT2D eigenvalue weighted by atomic mass is 10.1. The SMILES string of the molecule is Cc1ccc(Nc2cc(F)c(F)cc2F)c(C(N)=S)c1. The van der Waals surface area contributed by atoms with Gasteiger partial charge in [-0.05, 0) is 19.1 Å². The molecule has 3 N–H and O–H groups in total. The van der Waals surface area contributed by atoms with Crippen LogP contribution < -0.4 is 11.1 Å². The maximum absolute atomic E-state index is 13.6. The highest BCUT2D eigenvalue weighted by Crippen LogP contribution is 2.25. The van der Waals surface area contributed by atoms with E-state index < -0.39 is 17.5 Å². The number of aryl methyl sites for hydroxylation is 1. The van der Waals surface area contributed by atoms with Gasteiger partial charge in [0.25, 0.3) is 0 Å². The number of thiocarbonyl (C=S) groups is 1. The van der Waals surface area contributed by atoms with Gasteiger partial charge in [-0.15, -0.1) is 0 Å². The molecule has 0 saturated carbocycles. The summed E-state index contributed by atoms with van der Waals surface area (Å²) in [5, 5.41) is 2.67. The van der Waals surface area contributed by atoms with Crippen LogP contribution in [0.15, 0.2) is 30.3 Å². The molecule has 0 atom stereocenters. The van der Waals surface area contributed by atoms with Crippen molar-refractivity contribution in [2.24, 2.45) is 5.73 Å². The predicted molar refractivity (Wildman–Crippen MR) is 76.7 cm³/mol. The van der Waals surface area contributed by atoms with Crippen LogP contribution in [0.2, 0.25) is 0 Å². The van der Waals surface area contributed by atoms with Crippen molar-refractivity contribution in [3.05, 3.63) is 58.9 Å². The third-order valence-corrected chi connectivity index (χ3v) is 2.94. The Balaban J connectivity index is 2.45. The van der Waals surface area contributed by atoms with Crippen LogP contribution >= 0.6 is 12.2 Å². The molecule has 20 heavy (non-hydrogen) atoms. The third kappa shape index (κ3) is 2.91. The monoisotopic (exact) mass is 296 g/mol. The first kappa shape index (κ1) is 14.3. The molecule has 6 heteroatoms.